The third-order valence-corrected chi connectivity index (χ3v) is 6.01. The minimum Gasteiger partial charge on any atom is -0.495 e. The monoisotopic (exact) mass is 494 g/mol. The molecule has 1 aliphatic heterocycles. The minimum absolute atomic E-state index is 0.273. The van der Waals surface area contributed by atoms with Crippen LogP contribution in [0.2, 0.25) is 5.02 Å². The van der Waals surface area contributed by atoms with E-state index in [0.717, 1.165) is 0 Å². The number of ether oxygens (including phenoxy) is 1. The number of halogens is 2. The predicted molar refractivity (Wildman–Crippen MR) is 133 cm³/mol. The van der Waals surface area contributed by atoms with Gasteiger partial charge in [0, 0.05) is 29.6 Å². The fourth-order valence-electron chi connectivity index (χ4n) is 3.89. The number of hydrogen-bond acceptors (Lipinski definition) is 4. The molecule has 3 aromatic rings. The molecule has 0 spiro atoms. The fourth-order valence-corrected chi connectivity index (χ4v) is 4.14. The highest BCUT2D eigenvalue weighted by molar-refractivity contribution is 6.34. The van der Waals surface area contributed by atoms with Crippen LogP contribution in [-0.2, 0) is 4.79 Å². The summed E-state index contributed by atoms with van der Waals surface area (Å²) < 4.78 is 19.9. The third kappa shape index (κ3) is 5.27. The number of carbonyl (C=O) groups excluding carboxylic acids is 2. The lowest BCUT2D eigenvalue weighted by Gasteiger charge is -2.25. The molecule has 0 saturated heterocycles. The number of nitrogens with one attached hydrogen (secondary N) is 1. The zero-order chi connectivity index (χ0) is 24.9. The second-order valence-corrected chi connectivity index (χ2v) is 8.40. The average molecular weight is 495 g/mol. The molecule has 0 aliphatic carbocycles. The number of hydrazone groups is 1. The third-order valence-electron chi connectivity index (χ3n) is 5.68. The first kappa shape index (κ1) is 24.2. The van der Waals surface area contributed by atoms with Gasteiger partial charge in [-0.3, -0.25) is 4.79 Å². The van der Waals surface area contributed by atoms with E-state index in [-0.39, 0.29) is 13.0 Å². The molecule has 180 valence electrons. The van der Waals surface area contributed by atoms with E-state index in [0.29, 0.717) is 33.3 Å². The number of benzene rings is 3. The highest BCUT2D eigenvalue weighted by Gasteiger charge is 2.35. The van der Waals surface area contributed by atoms with Gasteiger partial charge in [-0.05, 0) is 24.3 Å². The van der Waals surface area contributed by atoms with Gasteiger partial charge in [0.25, 0.3) is 5.91 Å². The van der Waals surface area contributed by atoms with Gasteiger partial charge >= 0.3 is 6.03 Å². The number of methoxy groups -OCH3 is 1. The lowest BCUT2D eigenvalue weighted by molar-refractivity contribution is -0.133. The van der Waals surface area contributed by atoms with Crippen molar-refractivity contribution in [3.8, 4) is 5.75 Å². The van der Waals surface area contributed by atoms with E-state index in [1.165, 1.54) is 30.1 Å². The Bertz CT molecular complexity index is 1280. The molecule has 1 N–H and O–H groups in total. The number of carbonyl (C=O) groups is 2. The Hall–Kier alpha value is -3.91. The number of urea groups is 1. The van der Waals surface area contributed by atoms with E-state index in [4.69, 9.17) is 16.3 Å². The van der Waals surface area contributed by atoms with Gasteiger partial charge in [0.2, 0.25) is 0 Å². The summed E-state index contributed by atoms with van der Waals surface area (Å²) >= 11 is 6.35. The normalized spacial score (nSPS) is 14.9. The van der Waals surface area contributed by atoms with Crippen LogP contribution in [0.5, 0.6) is 5.75 Å². The van der Waals surface area contributed by atoms with Gasteiger partial charge in [0.1, 0.15) is 18.1 Å². The summed E-state index contributed by atoms with van der Waals surface area (Å²) in [5, 5.41) is 8.97. The first-order valence-corrected chi connectivity index (χ1v) is 11.3. The van der Waals surface area contributed by atoms with Crippen LogP contribution in [0.15, 0.2) is 77.9 Å². The van der Waals surface area contributed by atoms with Crippen LogP contribution < -0.4 is 10.1 Å². The minimum atomic E-state index is -0.666. The Balaban J connectivity index is 1.56. The lowest BCUT2D eigenvalue weighted by Crippen LogP contribution is -2.41. The van der Waals surface area contributed by atoms with Gasteiger partial charge in [-0.15, -0.1) is 0 Å². The molecule has 0 aromatic heterocycles. The number of para-hydroxylation sites is 2. The number of anilines is 1. The molecular weight excluding hydrogens is 471 g/mol. The number of amides is 3. The number of hydrogen-bond donors (Lipinski definition) is 1. The van der Waals surface area contributed by atoms with Crippen LogP contribution in [0.3, 0.4) is 0 Å². The zero-order valence-electron chi connectivity index (χ0n) is 19.2. The largest absolute Gasteiger partial charge is 0.495 e. The van der Waals surface area contributed by atoms with Crippen LogP contribution in [0.25, 0.3) is 0 Å². The molecule has 3 aromatic carbocycles. The molecule has 4 rings (SSSR count). The molecular formula is C26H24ClFN4O3. The highest BCUT2D eigenvalue weighted by atomic mass is 35.5. The Morgan fingerprint density at radius 1 is 1.11 bits per heavy atom. The zero-order valence-corrected chi connectivity index (χ0v) is 20.0. The van der Waals surface area contributed by atoms with Crippen LogP contribution in [-0.4, -0.2) is 48.3 Å². The Morgan fingerprint density at radius 3 is 2.54 bits per heavy atom. The Labute approximate surface area is 207 Å². The topological polar surface area (TPSA) is 74.2 Å². The van der Waals surface area contributed by atoms with Crippen molar-refractivity contribution in [3.05, 3.63) is 94.8 Å². The van der Waals surface area contributed by atoms with E-state index in [9.17, 15) is 14.0 Å². The SMILES string of the molecule is COc1ccccc1NC(=O)N(C)CC(=O)N1N=C(c2ccccc2Cl)C[C@@H]1c1ccccc1F. The predicted octanol–water partition coefficient (Wildman–Crippen LogP) is 5.33. The number of nitrogens with zero attached hydrogens (tertiary/aromatic N) is 3. The van der Waals surface area contributed by atoms with Gasteiger partial charge in [0.15, 0.2) is 0 Å². The second kappa shape index (κ2) is 10.6. The summed E-state index contributed by atoms with van der Waals surface area (Å²) in [6, 6.07) is 19.2. The van der Waals surface area contributed by atoms with Crippen LogP contribution in [0.4, 0.5) is 14.9 Å². The van der Waals surface area contributed by atoms with E-state index >= 15 is 0 Å². The molecule has 3 amide bonds. The van der Waals surface area contributed by atoms with Crippen LogP contribution in [0.1, 0.15) is 23.6 Å². The highest BCUT2D eigenvalue weighted by Crippen LogP contribution is 2.35. The van der Waals surface area contributed by atoms with Crippen LogP contribution >= 0.6 is 11.6 Å². The van der Waals surface area contributed by atoms with E-state index < -0.39 is 23.8 Å². The molecule has 7 nitrogen and oxygen atoms in total. The quantitative estimate of drug-likeness (QED) is 0.503. The summed E-state index contributed by atoms with van der Waals surface area (Å²) in [6.45, 7) is -0.273. The first-order valence-electron chi connectivity index (χ1n) is 10.9. The van der Waals surface area contributed by atoms with E-state index in [2.05, 4.69) is 10.4 Å². The standard InChI is InChI=1S/C26H24ClFN4O3/c1-31(26(34)29-21-13-7-8-14-24(21)35-2)16-25(33)32-23(18-10-4-6-12-20(18)28)15-22(30-32)17-9-3-5-11-19(17)27/h3-14,23H,15-16H2,1-2H3,(H,29,34)/t23-/m1/s1. The molecule has 0 saturated carbocycles. The fraction of sp³-hybridized carbons (Fsp3) is 0.192. The lowest BCUT2D eigenvalue weighted by atomic mass is 9.98. The summed E-state index contributed by atoms with van der Waals surface area (Å²) in [6.07, 6.45) is 0.285. The number of likely N-dealkylation sites (N-methyl/N-ethyl adjacent to an activating group) is 1. The van der Waals surface area contributed by atoms with Gasteiger partial charge < -0.3 is 15.0 Å². The molecule has 1 aliphatic rings. The van der Waals surface area contributed by atoms with Crippen molar-refractivity contribution in [2.24, 2.45) is 5.10 Å². The summed E-state index contributed by atoms with van der Waals surface area (Å²) in [5.74, 6) is -0.403. The van der Waals surface area contributed by atoms with Crippen molar-refractivity contribution < 1.29 is 18.7 Å². The Morgan fingerprint density at radius 2 is 1.80 bits per heavy atom. The van der Waals surface area contributed by atoms with Crippen molar-refractivity contribution in [1.82, 2.24) is 9.91 Å². The molecule has 0 radical (unpaired) electrons. The summed E-state index contributed by atoms with van der Waals surface area (Å²) in [7, 11) is 3.00. The summed E-state index contributed by atoms with van der Waals surface area (Å²) in [5.41, 5.74) is 2.06. The van der Waals surface area contributed by atoms with Crippen molar-refractivity contribution in [1.29, 1.82) is 0 Å². The Kier molecular flexibility index (Phi) is 7.31. The van der Waals surface area contributed by atoms with Gasteiger partial charge in [-0.2, -0.15) is 5.10 Å². The van der Waals surface area contributed by atoms with Gasteiger partial charge in [-0.25, -0.2) is 14.2 Å². The maximum Gasteiger partial charge on any atom is 0.322 e. The molecule has 0 bridgehead atoms. The van der Waals surface area contributed by atoms with E-state index in [1.807, 2.05) is 6.07 Å². The smallest absolute Gasteiger partial charge is 0.322 e. The molecule has 9 heteroatoms. The van der Waals surface area contributed by atoms with Gasteiger partial charge in [0.05, 0.1) is 24.6 Å². The molecule has 1 atom stereocenters. The van der Waals surface area contributed by atoms with Crippen molar-refractivity contribution in [2.45, 2.75) is 12.5 Å². The first-order chi connectivity index (χ1) is 16.9. The van der Waals surface area contributed by atoms with E-state index in [1.54, 1.807) is 60.7 Å². The van der Waals surface area contributed by atoms with Gasteiger partial charge in [-0.1, -0.05) is 60.1 Å². The maximum atomic E-state index is 14.7. The van der Waals surface area contributed by atoms with Crippen LogP contribution in [0, 0.1) is 5.82 Å². The molecule has 0 fully saturated rings. The van der Waals surface area contributed by atoms with Crippen molar-refractivity contribution in [3.63, 3.8) is 0 Å². The second-order valence-electron chi connectivity index (χ2n) is 7.99. The van der Waals surface area contributed by atoms with Crippen molar-refractivity contribution in [2.75, 3.05) is 26.0 Å². The number of rotatable bonds is 6. The summed E-state index contributed by atoms with van der Waals surface area (Å²) in [4.78, 5) is 27.3. The maximum absolute atomic E-state index is 14.7. The average Bonchev–Trinajstić information content (AvgIpc) is 3.30. The van der Waals surface area contributed by atoms with Crippen molar-refractivity contribution >= 4 is 34.9 Å². The molecule has 0 unspecified atom stereocenters. The molecule has 1 heterocycles. The molecule has 35 heavy (non-hydrogen) atoms.